The van der Waals surface area contributed by atoms with Crippen LogP contribution in [-0.4, -0.2) is 13.0 Å². The molecule has 110 valence electrons. The quantitative estimate of drug-likeness (QED) is 0.900. The van der Waals surface area contributed by atoms with E-state index >= 15 is 0 Å². The van der Waals surface area contributed by atoms with Crippen molar-refractivity contribution >= 4 is 11.6 Å². The summed E-state index contributed by atoms with van der Waals surface area (Å²) in [5.41, 5.74) is 2.75. The van der Waals surface area contributed by atoms with Gasteiger partial charge in [0.15, 0.2) is 0 Å². The number of carbonyl (C=O) groups is 1. The van der Waals surface area contributed by atoms with Crippen molar-refractivity contribution in [2.45, 2.75) is 19.9 Å². The van der Waals surface area contributed by atoms with Gasteiger partial charge in [0.05, 0.1) is 0 Å². The molecule has 0 aromatic heterocycles. The third-order valence-corrected chi connectivity index (χ3v) is 3.41. The Hall–Kier alpha value is -2.20. The van der Waals surface area contributed by atoms with Crippen molar-refractivity contribution in [1.82, 2.24) is 5.32 Å². The summed E-state index contributed by atoms with van der Waals surface area (Å²) in [5, 5.41) is 5.99. The lowest BCUT2D eigenvalue weighted by Gasteiger charge is -2.16. The highest BCUT2D eigenvalue weighted by molar-refractivity contribution is 6.04. The normalized spacial score (nSPS) is 12.0. The Labute approximate surface area is 124 Å². The van der Waals surface area contributed by atoms with Crippen LogP contribution in [0.5, 0.6) is 0 Å². The lowest BCUT2D eigenvalue weighted by Crippen LogP contribution is -2.18. The molecule has 0 bridgehead atoms. The highest BCUT2D eigenvalue weighted by atomic mass is 19.1. The smallest absolute Gasteiger partial charge is 0.255 e. The Morgan fingerprint density at radius 2 is 1.90 bits per heavy atom. The van der Waals surface area contributed by atoms with Crippen LogP contribution >= 0.6 is 0 Å². The molecule has 0 spiro atoms. The number of para-hydroxylation sites is 1. The van der Waals surface area contributed by atoms with E-state index in [-0.39, 0.29) is 11.9 Å². The molecule has 0 aliphatic carbocycles. The molecule has 0 saturated carbocycles. The van der Waals surface area contributed by atoms with Crippen molar-refractivity contribution in [2.24, 2.45) is 0 Å². The predicted octanol–water partition coefficient (Wildman–Crippen LogP) is 3.67. The van der Waals surface area contributed by atoms with Crippen molar-refractivity contribution in [2.75, 3.05) is 12.4 Å². The maximum Gasteiger partial charge on any atom is 0.255 e. The second kappa shape index (κ2) is 6.50. The van der Waals surface area contributed by atoms with Crippen molar-refractivity contribution < 1.29 is 9.18 Å². The van der Waals surface area contributed by atoms with Gasteiger partial charge in [0.2, 0.25) is 0 Å². The maximum atomic E-state index is 13.4. The molecular weight excluding hydrogens is 267 g/mol. The highest BCUT2D eigenvalue weighted by Gasteiger charge is 2.13. The molecule has 4 heteroatoms. The van der Waals surface area contributed by atoms with Gasteiger partial charge >= 0.3 is 0 Å². The van der Waals surface area contributed by atoms with Gasteiger partial charge in [0.25, 0.3) is 5.91 Å². The summed E-state index contributed by atoms with van der Waals surface area (Å²) in [4.78, 5) is 12.3. The van der Waals surface area contributed by atoms with E-state index in [1.807, 2.05) is 38.2 Å². The van der Waals surface area contributed by atoms with E-state index in [1.165, 1.54) is 12.1 Å². The fraction of sp³-hybridized carbons (Fsp3) is 0.235. The first-order valence-corrected chi connectivity index (χ1v) is 6.86. The van der Waals surface area contributed by atoms with Gasteiger partial charge in [-0.3, -0.25) is 4.79 Å². The van der Waals surface area contributed by atoms with Crippen LogP contribution in [-0.2, 0) is 0 Å². The number of halogens is 1. The number of benzene rings is 2. The van der Waals surface area contributed by atoms with Gasteiger partial charge in [0, 0.05) is 17.3 Å². The molecule has 21 heavy (non-hydrogen) atoms. The first-order valence-electron chi connectivity index (χ1n) is 6.86. The van der Waals surface area contributed by atoms with Crippen molar-refractivity contribution in [3.63, 3.8) is 0 Å². The second-order valence-electron chi connectivity index (χ2n) is 5.07. The fourth-order valence-corrected chi connectivity index (χ4v) is 2.21. The number of carbonyl (C=O) groups excluding carboxylic acids is 1. The molecule has 0 heterocycles. The van der Waals surface area contributed by atoms with Crippen LogP contribution < -0.4 is 10.6 Å². The SMILES string of the molecule is CNC(C)c1ccccc1NC(=O)c1cc(C)cc(F)c1. The molecule has 0 aliphatic heterocycles. The monoisotopic (exact) mass is 286 g/mol. The molecule has 0 radical (unpaired) electrons. The minimum absolute atomic E-state index is 0.107. The van der Waals surface area contributed by atoms with Gasteiger partial charge in [-0.2, -0.15) is 0 Å². The first kappa shape index (κ1) is 15.2. The van der Waals surface area contributed by atoms with Crippen LogP contribution in [0.2, 0.25) is 0 Å². The van der Waals surface area contributed by atoms with E-state index < -0.39 is 5.82 Å². The molecule has 0 fully saturated rings. The van der Waals surface area contributed by atoms with Gasteiger partial charge in [-0.15, -0.1) is 0 Å². The summed E-state index contributed by atoms with van der Waals surface area (Å²) in [7, 11) is 1.86. The zero-order valence-electron chi connectivity index (χ0n) is 12.4. The third kappa shape index (κ3) is 3.67. The summed E-state index contributed by atoms with van der Waals surface area (Å²) in [6.45, 7) is 3.77. The summed E-state index contributed by atoms with van der Waals surface area (Å²) in [5.74, 6) is -0.717. The molecule has 2 rings (SSSR count). The largest absolute Gasteiger partial charge is 0.322 e. The van der Waals surface area contributed by atoms with E-state index in [9.17, 15) is 9.18 Å². The standard InChI is InChI=1S/C17H19FN2O/c1-11-8-13(10-14(18)9-11)17(21)20-16-7-5-4-6-15(16)12(2)19-3/h4-10,12,19H,1-3H3,(H,20,21). The summed E-state index contributed by atoms with van der Waals surface area (Å²) in [6, 6.07) is 12.0. The molecule has 1 atom stereocenters. The van der Waals surface area contributed by atoms with E-state index in [2.05, 4.69) is 10.6 Å². The van der Waals surface area contributed by atoms with Gasteiger partial charge in [-0.25, -0.2) is 4.39 Å². The van der Waals surface area contributed by atoms with Crippen molar-refractivity contribution in [3.8, 4) is 0 Å². The Balaban J connectivity index is 2.27. The van der Waals surface area contributed by atoms with Crippen molar-refractivity contribution in [1.29, 1.82) is 0 Å². The predicted molar refractivity (Wildman–Crippen MR) is 83.0 cm³/mol. The highest BCUT2D eigenvalue weighted by Crippen LogP contribution is 2.23. The Morgan fingerprint density at radius 3 is 2.57 bits per heavy atom. The Kier molecular flexibility index (Phi) is 4.70. The average molecular weight is 286 g/mol. The van der Waals surface area contributed by atoms with Crippen LogP contribution in [0.3, 0.4) is 0 Å². The molecule has 0 aliphatic rings. The van der Waals surface area contributed by atoms with E-state index in [4.69, 9.17) is 0 Å². The zero-order valence-corrected chi connectivity index (χ0v) is 12.4. The Bertz CT molecular complexity index is 635. The van der Waals surface area contributed by atoms with Crippen LogP contribution in [0.1, 0.15) is 34.5 Å². The number of hydrogen-bond donors (Lipinski definition) is 2. The van der Waals surface area contributed by atoms with E-state index in [1.54, 1.807) is 13.0 Å². The lowest BCUT2D eigenvalue weighted by atomic mass is 10.1. The third-order valence-electron chi connectivity index (χ3n) is 3.41. The Morgan fingerprint density at radius 1 is 1.19 bits per heavy atom. The van der Waals surface area contributed by atoms with Crippen LogP contribution in [0.25, 0.3) is 0 Å². The number of hydrogen-bond acceptors (Lipinski definition) is 2. The molecule has 3 nitrogen and oxygen atoms in total. The van der Waals surface area contributed by atoms with Gasteiger partial charge in [-0.05, 0) is 56.3 Å². The summed E-state index contributed by atoms with van der Waals surface area (Å²) < 4.78 is 13.4. The van der Waals surface area contributed by atoms with Gasteiger partial charge in [0.1, 0.15) is 5.82 Å². The zero-order chi connectivity index (χ0) is 15.4. The topological polar surface area (TPSA) is 41.1 Å². The molecular formula is C17H19FN2O. The van der Waals surface area contributed by atoms with Crippen LogP contribution in [0, 0.1) is 12.7 Å². The lowest BCUT2D eigenvalue weighted by molar-refractivity contribution is 0.102. The number of anilines is 1. The van der Waals surface area contributed by atoms with E-state index in [0.717, 1.165) is 16.8 Å². The molecule has 2 aromatic rings. The molecule has 1 unspecified atom stereocenters. The van der Waals surface area contributed by atoms with E-state index in [0.29, 0.717) is 5.56 Å². The first-order chi connectivity index (χ1) is 10.0. The fourth-order valence-electron chi connectivity index (χ4n) is 2.21. The van der Waals surface area contributed by atoms with Gasteiger partial charge < -0.3 is 10.6 Å². The van der Waals surface area contributed by atoms with Crippen molar-refractivity contribution in [3.05, 3.63) is 65.0 Å². The minimum atomic E-state index is -0.406. The summed E-state index contributed by atoms with van der Waals surface area (Å²) in [6.07, 6.45) is 0. The molecule has 2 N–H and O–H groups in total. The second-order valence-corrected chi connectivity index (χ2v) is 5.07. The summed E-state index contributed by atoms with van der Waals surface area (Å²) >= 11 is 0. The van der Waals surface area contributed by atoms with Crippen LogP contribution in [0.4, 0.5) is 10.1 Å². The molecule has 2 aromatic carbocycles. The molecule has 0 saturated heterocycles. The maximum absolute atomic E-state index is 13.4. The minimum Gasteiger partial charge on any atom is -0.322 e. The molecule has 1 amide bonds. The number of amides is 1. The average Bonchev–Trinajstić information content (AvgIpc) is 2.46. The van der Waals surface area contributed by atoms with Gasteiger partial charge in [-0.1, -0.05) is 18.2 Å². The number of rotatable bonds is 4. The van der Waals surface area contributed by atoms with Crippen LogP contribution in [0.15, 0.2) is 42.5 Å². The number of nitrogens with one attached hydrogen (secondary N) is 2. The number of aryl methyl sites for hydroxylation is 1.